The van der Waals surface area contributed by atoms with Gasteiger partial charge in [0.15, 0.2) is 5.75 Å². The topological polar surface area (TPSA) is 52.8 Å². The van der Waals surface area contributed by atoms with Gasteiger partial charge in [-0.2, -0.15) is 5.10 Å². The standard InChI is InChI=1S/C43H28N4O/c1-3-13-29(14-4-1)31-25-32(27-33(26-31)42-35-18-8-7-15-30(35)28-44-46-42)38-21-12-24-41(45-38)48-40-23-11-20-37-36-19-9-10-22-39(36)47(43(37)40)34-16-5-2-6-17-34/h1-28H. The van der Waals surface area contributed by atoms with E-state index in [1.807, 2.05) is 54.6 Å². The third-order valence-corrected chi connectivity index (χ3v) is 8.79. The van der Waals surface area contributed by atoms with Crippen LogP contribution in [0.15, 0.2) is 170 Å². The normalized spacial score (nSPS) is 11.3. The molecular weight excluding hydrogens is 589 g/mol. The van der Waals surface area contributed by atoms with Gasteiger partial charge in [-0.25, -0.2) is 4.98 Å². The van der Waals surface area contributed by atoms with E-state index < -0.39 is 0 Å². The van der Waals surface area contributed by atoms with E-state index in [2.05, 4.69) is 124 Å². The van der Waals surface area contributed by atoms with Gasteiger partial charge in [-0.05, 0) is 59.7 Å². The molecule has 0 saturated carbocycles. The lowest BCUT2D eigenvalue weighted by Crippen LogP contribution is -1.97. The van der Waals surface area contributed by atoms with Crippen molar-refractivity contribution in [3.05, 3.63) is 170 Å². The average molecular weight is 617 g/mol. The summed E-state index contributed by atoms with van der Waals surface area (Å²) in [5, 5.41) is 13.3. The summed E-state index contributed by atoms with van der Waals surface area (Å²) in [6.45, 7) is 0. The minimum Gasteiger partial charge on any atom is -0.437 e. The number of aromatic nitrogens is 4. The van der Waals surface area contributed by atoms with E-state index in [1.54, 1.807) is 6.20 Å². The van der Waals surface area contributed by atoms with Crippen molar-refractivity contribution in [3.63, 3.8) is 0 Å². The Morgan fingerprint density at radius 2 is 1.19 bits per heavy atom. The first kappa shape index (κ1) is 27.7. The molecule has 0 amide bonds. The van der Waals surface area contributed by atoms with Crippen molar-refractivity contribution < 1.29 is 4.74 Å². The highest BCUT2D eigenvalue weighted by atomic mass is 16.5. The van der Waals surface area contributed by atoms with Crippen LogP contribution in [0.1, 0.15) is 0 Å². The van der Waals surface area contributed by atoms with Gasteiger partial charge in [0.05, 0.1) is 22.9 Å². The predicted molar refractivity (Wildman–Crippen MR) is 194 cm³/mol. The highest BCUT2D eigenvalue weighted by Gasteiger charge is 2.17. The lowest BCUT2D eigenvalue weighted by Gasteiger charge is -2.13. The fourth-order valence-electron chi connectivity index (χ4n) is 6.61. The molecule has 5 nitrogen and oxygen atoms in total. The Labute approximate surface area is 277 Å². The summed E-state index contributed by atoms with van der Waals surface area (Å²) < 4.78 is 8.95. The monoisotopic (exact) mass is 616 g/mol. The Bertz CT molecular complexity index is 2590. The molecule has 0 aliphatic heterocycles. The highest BCUT2D eigenvalue weighted by molar-refractivity contribution is 6.11. The fourth-order valence-corrected chi connectivity index (χ4v) is 6.61. The maximum atomic E-state index is 6.68. The molecule has 0 saturated heterocycles. The summed E-state index contributed by atoms with van der Waals surface area (Å²) in [6, 6.07) is 56.1. The second-order valence-corrected chi connectivity index (χ2v) is 11.7. The molecule has 0 fully saturated rings. The van der Waals surface area contributed by atoms with E-state index in [0.717, 1.165) is 72.3 Å². The minimum absolute atomic E-state index is 0.515. The van der Waals surface area contributed by atoms with Gasteiger partial charge in [0.1, 0.15) is 5.69 Å². The Kier molecular flexibility index (Phi) is 6.72. The van der Waals surface area contributed by atoms with Crippen LogP contribution in [0.25, 0.3) is 71.9 Å². The minimum atomic E-state index is 0.515. The molecule has 0 spiro atoms. The molecule has 0 aliphatic rings. The second-order valence-electron chi connectivity index (χ2n) is 11.7. The van der Waals surface area contributed by atoms with Crippen molar-refractivity contribution in [2.75, 3.05) is 0 Å². The van der Waals surface area contributed by atoms with Gasteiger partial charge >= 0.3 is 0 Å². The van der Waals surface area contributed by atoms with E-state index in [1.165, 1.54) is 5.39 Å². The number of ether oxygens (including phenoxy) is 1. The first-order chi connectivity index (χ1) is 23.8. The second kappa shape index (κ2) is 11.6. The van der Waals surface area contributed by atoms with Crippen LogP contribution >= 0.6 is 0 Å². The molecule has 0 aliphatic carbocycles. The number of rotatable bonds is 6. The molecule has 5 heteroatoms. The first-order valence-corrected chi connectivity index (χ1v) is 15.9. The van der Waals surface area contributed by atoms with Gasteiger partial charge in [0.2, 0.25) is 5.88 Å². The lowest BCUT2D eigenvalue weighted by atomic mass is 9.95. The zero-order chi connectivity index (χ0) is 31.9. The number of benzene rings is 6. The number of pyridine rings is 1. The third-order valence-electron chi connectivity index (χ3n) is 8.79. The Morgan fingerprint density at radius 3 is 2.06 bits per heavy atom. The van der Waals surface area contributed by atoms with Crippen molar-refractivity contribution >= 4 is 32.6 Å². The molecule has 0 N–H and O–H groups in total. The number of hydrogen-bond acceptors (Lipinski definition) is 4. The molecule has 48 heavy (non-hydrogen) atoms. The van der Waals surface area contributed by atoms with Crippen molar-refractivity contribution in [2.45, 2.75) is 0 Å². The summed E-state index contributed by atoms with van der Waals surface area (Å²) >= 11 is 0. The van der Waals surface area contributed by atoms with Gasteiger partial charge in [0, 0.05) is 44.4 Å². The predicted octanol–water partition coefficient (Wildman–Crippen LogP) is 10.9. The lowest BCUT2D eigenvalue weighted by molar-refractivity contribution is 0.467. The fraction of sp³-hybridized carbons (Fsp3) is 0. The van der Waals surface area contributed by atoms with Crippen molar-refractivity contribution in [3.8, 4) is 51.0 Å². The summed E-state index contributed by atoms with van der Waals surface area (Å²) in [5.41, 5.74) is 8.95. The Balaban J connectivity index is 1.18. The third kappa shape index (κ3) is 4.86. The van der Waals surface area contributed by atoms with E-state index in [4.69, 9.17) is 9.72 Å². The molecule has 6 aromatic carbocycles. The average Bonchev–Trinajstić information content (AvgIpc) is 3.51. The summed E-state index contributed by atoms with van der Waals surface area (Å²) in [6.07, 6.45) is 1.81. The molecular formula is C43H28N4O. The summed E-state index contributed by atoms with van der Waals surface area (Å²) in [5.74, 6) is 1.25. The SMILES string of the molecule is c1ccc(-c2cc(-c3cccc(Oc4cccc5c6ccccc6n(-c6ccccc6)c45)n3)cc(-c3nncc4ccccc34)c2)cc1. The molecule has 9 rings (SSSR count). The zero-order valence-corrected chi connectivity index (χ0v) is 25.9. The van der Waals surface area contributed by atoms with E-state index >= 15 is 0 Å². The van der Waals surface area contributed by atoms with Crippen LogP contribution in [0.5, 0.6) is 11.6 Å². The quantitative estimate of drug-likeness (QED) is 0.186. The zero-order valence-electron chi connectivity index (χ0n) is 25.9. The number of nitrogens with zero attached hydrogens (tertiary/aromatic N) is 4. The van der Waals surface area contributed by atoms with E-state index in [-0.39, 0.29) is 0 Å². The Morgan fingerprint density at radius 1 is 0.500 bits per heavy atom. The Hall–Kier alpha value is -6.59. The van der Waals surface area contributed by atoms with Crippen LogP contribution in [0.3, 0.4) is 0 Å². The molecule has 0 atom stereocenters. The maximum Gasteiger partial charge on any atom is 0.219 e. The van der Waals surface area contributed by atoms with Crippen molar-refractivity contribution in [1.82, 2.24) is 19.7 Å². The van der Waals surface area contributed by atoms with Gasteiger partial charge < -0.3 is 9.30 Å². The molecule has 0 unspecified atom stereocenters. The smallest absolute Gasteiger partial charge is 0.219 e. The first-order valence-electron chi connectivity index (χ1n) is 15.9. The molecule has 0 radical (unpaired) electrons. The maximum absolute atomic E-state index is 6.68. The molecule has 3 aromatic heterocycles. The van der Waals surface area contributed by atoms with Crippen LogP contribution in [-0.4, -0.2) is 19.7 Å². The molecule has 0 bridgehead atoms. The number of para-hydroxylation sites is 3. The van der Waals surface area contributed by atoms with Gasteiger partial charge in [-0.1, -0.05) is 109 Å². The summed E-state index contributed by atoms with van der Waals surface area (Å²) in [4.78, 5) is 5.07. The number of fused-ring (bicyclic) bond motifs is 4. The number of hydrogen-bond donors (Lipinski definition) is 0. The summed E-state index contributed by atoms with van der Waals surface area (Å²) in [7, 11) is 0. The highest BCUT2D eigenvalue weighted by Crippen LogP contribution is 2.39. The largest absolute Gasteiger partial charge is 0.437 e. The van der Waals surface area contributed by atoms with Crippen molar-refractivity contribution in [1.29, 1.82) is 0 Å². The van der Waals surface area contributed by atoms with Crippen LogP contribution in [0.4, 0.5) is 0 Å². The molecule has 226 valence electrons. The van der Waals surface area contributed by atoms with Crippen LogP contribution in [-0.2, 0) is 0 Å². The molecule has 9 aromatic rings. The van der Waals surface area contributed by atoms with Crippen LogP contribution < -0.4 is 4.74 Å². The van der Waals surface area contributed by atoms with Crippen LogP contribution in [0, 0.1) is 0 Å². The van der Waals surface area contributed by atoms with Gasteiger partial charge in [-0.15, -0.1) is 5.10 Å². The molecule has 3 heterocycles. The van der Waals surface area contributed by atoms with Crippen molar-refractivity contribution in [2.24, 2.45) is 0 Å². The van der Waals surface area contributed by atoms with E-state index in [0.29, 0.717) is 5.88 Å². The van der Waals surface area contributed by atoms with Gasteiger partial charge in [0.25, 0.3) is 0 Å². The van der Waals surface area contributed by atoms with Gasteiger partial charge in [-0.3, -0.25) is 0 Å². The van der Waals surface area contributed by atoms with E-state index in [9.17, 15) is 0 Å². The van der Waals surface area contributed by atoms with Crippen LogP contribution in [0.2, 0.25) is 0 Å².